The average molecular weight is 236 g/mol. The van der Waals surface area contributed by atoms with E-state index in [1.807, 2.05) is 26.0 Å². The van der Waals surface area contributed by atoms with E-state index in [1.54, 1.807) is 14.0 Å². The number of nitrogens with two attached hydrogens (primary N) is 1. The Bertz CT molecular complexity index is 416. The van der Waals surface area contributed by atoms with Crippen LogP contribution in [0.15, 0.2) is 12.1 Å². The van der Waals surface area contributed by atoms with Crippen molar-refractivity contribution in [3.05, 3.63) is 23.3 Å². The maximum absolute atomic E-state index is 11.8. The highest BCUT2D eigenvalue weighted by Gasteiger charge is 2.15. The molecule has 0 heterocycles. The van der Waals surface area contributed by atoms with Gasteiger partial charge in [-0.05, 0) is 31.0 Å². The summed E-state index contributed by atoms with van der Waals surface area (Å²) in [5.74, 6) is 0.387. The second-order valence-electron chi connectivity index (χ2n) is 4.29. The first-order chi connectivity index (χ1) is 7.99. The fraction of sp³-hybridized carbons (Fsp3) is 0.462. The Hall–Kier alpha value is -1.55. The highest BCUT2D eigenvalue weighted by atomic mass is 16.5. The number of nitrogens with one attached hydrogen (secondary N) is 1. The minimum absolute atomic E-state index is 0.0854. The van der Waals surface area contributed by atoms with Crippen LogP contribution in [-0.4, -0.2) is 19.6 Å². The van der Waals surface area contributed by atoms with Gasteiger partial charge in [0, 0.05) is 12.5 Å². The van der Waals surface area contributed by atoms with Gasteiger partial charge in [-0.25, -0.2) is 0 Å². The summed E-state index contributed by atoms with van der Waals surface area (Å²) in [5.41, 5.74) is 8.28. The molecular weight excluding hydrogens is 216 g/mol. The summed E-state index contributed by atoms with van der Waals surface area (Å²) in [6.07, 6.45) is 0. The largest absolute Gasteiger partial charge is 0.495 e. The highest BCUT2D eigenvalue weighted by Crippen LogP contribution is 2.29. The molecule has 17 heavy (non-hydrogen) atoms. The zero-order valence-corrected chi connectivity index (χ0v) is 10.8. The Morgan fingerprint density at radius 3 is 2.65 bits per heavy atom. The maximum atomic E-state index is 11.8. The van der Waals surface area contributed by atoms with E-state index in [4.69, 9.17) is 10.5 Å². The van der Waals surface area contributed by atoms with Crippen LogP contribution in [0, 0.1) is 19.8 Å². The molecule has 0 aromatic heterocycles. The number of carbonyl (C=O) groups is 1. The van der Waals surface area contributed by atoms with Crippen LogP contribution in [-0.2, 0) is 4.79 Å². The Kier molecular flexibility index (Phi) is 4.52. The zero-order chi connectivity index (χ0) is 13.0. The van der Waals surface area contributed by atoms with Crippen molar-refractivity contribution in [2.75, 3.05) is 19.0 Å². The quantitative estimate of drug-likeness (QED) is 0.838. The molecule has 1 amide bonds. The SMILES string of the molecule is COc1cc(C)cc(C)c1NC(=O)C(C)CN. The number of rotatable bonds is 4. The van der Waals surface area contributed by atoms with Crippen molar-refractivity contribution >= 4 is 11.6 Å². The van der Waals surface area contributed by atoms with Crippen LogP contribution in [0.5, 0.6) is 5.75 Å². The third-order valence-electron chi connectivity index (χ3n) is 2.71. The molecule has 0 bridgehead atoms. The van der Waals surface area contributed by atoms with E-state index in [1.165, 1.54) is 0 Å². The Morgan fingerprint density at radius 2 is 2.12 bits per heavy atom. The molecule has 3 N–H and O–H groups in total. The smallest absolute Gasteiger partial charge is 0.228 e. The normalized spacial score (nSPS) is 12.1. The number of benzene rings is 1. The van der Waals surface area contributed by atoms with Gasteiger partial charge >= 0.3 is 0 Å². The van der Waals surface area contributed by atoms with Crippen LogP contribution in [0.4, 0.5) is 5.69 Å². The first kappa shape index (κ1) is 13.5. The third-order valence-corrected chi connectivity index (χ3v) is 2.71. The molecule has 0 aliphatic heterocycles. The predicted molar refractivity (Wildman–Crippen MR) is 69.3 cm³/mol. The van der Waals surface area contributed by atoms with Crippen molar-refractivity contribution in [1.82, 2.24) is 0 Å². The van der Waals surface area contributed by atoms with Gasteiger partial charge in [-0.15, -0.1) is 0 Å². The maximum Gasteiger partial charge on any atom is 0.228 e. The fourth-order valence-corrected chi connectivity index (χ4v) is 1.60. The number of carbonyl (C=O) groups excluding carboxylic acids is 1. The molecule has 0 radical (unpaired) electrons. The monoisotopic (exact) mass is 236 g/mol. The fourth-order valence-electron chi connectivity index (χ4n) is 1.60. The van der Waals surface area contributed by atoms with Crippen molar-refractivity contribution in [2.45, 2.75) is 20.8 Å². The molecule has 0 aliphatic rings. The van der Waals surface area contributed by atoms with Crippen molar-refractivity contribution in [1.29, 1.82) is 0 Å². The number of aryl methyl sites for hydroxylation is 2. The lowest BCUT2D eigenvalue weighted by Gasteiger charge is -2.16. The van der Waals surface area contributed by atoms with E-state index in [9.17, 15) is 4.79 Å². The summed E-state index contributed by atoms with van der Waals surface area (Å²) < 4.78 is 5.28. The number of amides is 1. The molecule has 4 nitrogen and oxygen atoms in total. The summed E-state index contributed by atoms with van der Waals surface area (Å²) in [6, 6.07) is 3.90. The van der Waals surface area contributed by atoms with Crippen molar-refractivity contribution < 1.29 is 9.53 Å². The van der Waals surface area contributed by atoms with E-state index in [0.717, 1.165) is 16.8 Å². The van der Waals surface area contributed by atoms with Crippen molar-refractivity contribution in [3.8, 4) is 5.75 Å². The summed E-state index contributed by atoms with van der Waals surface area (Å²) in [6.45, 7) is 6.06. The van der Waals surface area contributed by atoms with Gasteiger partial charge in [0.15, 0.2) is 0 Å². The molecular formula is C13H20N2O2. The Labute approximate surface area is 102 Å². The number of methoxy groups -OCH3 is 1. The number of hydrogen-bond acceptors (Lipinski definition) is 3. The highest BCUT2D eigenvalue weighted by molar-refractivity contribution is 5.94. The Balaban J connectivity index is 3.01. The Morgan fingerprint density at radius 1 is 1.47 bits per heavy atom. The molecule has 0 spiro atoms. The second-order valence-corrected chi connectivity index (χ2v) is 4.29. The standard InChI is InChI=1S/C13H20N2O2/c1-8-5-9(2)12(11(6-8)17-4)15-13(16)10(3)7-14/h5-6,10H,7,14H2,1-4H3,(H,15,16). The molecule has 0 saturated carbocycles. The van der Waals surface area contributed by atoms with Gasteiger partial charge in [0.1, 0.15) is 5.75 Å². The lowest BCUT2D eigenvalue weighted by Crippen LogP contribution is -2.27. The third kappa shape index (κ3) is 3.20. The van der Waals surface area contributed by atoms with Crippen LogP contribution in [0.3, 0.4) is 0 Å². The van der Waals surface area contributed by atoms with E-state index >= 15 is 0 Å². The molecule has 1 aromatic rings. The van der Waals surface area contributed by atoms with Gasteiger partial charge in [0.2, 0.25) is 5.91 Å². The molecule has 0 aliphatic carbocycles. The summed E-state index contributed by atoms with van der Waals surface area (Å²) >= 11 is 0. The van der Waals surface area contributed by atoms with E-state index in [0.29, 0.717) is 12.3 Å². The van der Waals surface area contributed by atoms with Gasteiger partial charge < -0.3 is 15.8 Å². The van der Waals surface area contributed by atoms with Crippen LogP contribution in [0.2, 0.25) is 0 Å². The number of anilines is 1. The van der Waals surface area contributed by atoms with E-state index < -0.39 is 0 Å². The average Bonchev–Trinajstić information content (AvgIpc) is 2.30. The molecule has 1 unspecified atom stereocenters. The first-order valence-corrected chi connectivity index (χ1v) is 5.65. The minimum Gasteiger partial charge on any atom is -0.495 e. The molecule has 1 aromatic carbocycles. The number of hydrogen-bond donors (Lipinski definition) is 2. The van der Waals surface area contributed by atoms with Gasteiger partial charge in [-0.3, -0.25) is 4.79 Å². The van der Waals surface area contributed by atoms with E-state index in [-0.39, 0.29) is 11.8 Å². The van der Waals surface area contributed by atoms with Crippen molar-refractivity contribution in [2.24, 2.45) is 11.7 Å². The second kappa shape index (κ2) is 5.68. The summed E-state index contributed by atoms with van der Waals surface area (Å²) in [5, 5.41) is 2.86. The summed E-state index contributed by atoms with van der Waals surface area (Å²) in [4.78, 5) is 11.8. The van der Waals surface area contributed by atoms with Crippen LogP contribution in [0.25, 0.3) is 0 Å². The zero-order valence-electron chi connectivity index (χ0n) is 10.8. The van der Waals surface area contributed by atoms with Crippen LogP contribution >= 0.6 is 0 Å². The molecule has 4 heteroatoms. The van der Waals surface area contributed by atoms with Crippen molar-refractivity contribution in [3.63, 3.8) is 0 Å². The molecule has 1 atom stereocenters. The lowest BCUT2D eigenvalue weighted by atomic mass is 10.1. The molecule has 0 saturated heterocycles. The van der Waals surface area contributed by atoms with Crippen LogP contribution in [0.1, 0.15) is 18.1 Å². The van der Waals surface area contributed by atoms with Crippen LogP contribution < -0.4 is 15.8 Å². The topological polar surface area (TPSA) is 64.3 Å². The molecule has 94 valence electrons. The van der Waals surface area contributed by atoms with E-state index in [2.05, 4.69) is 5.32 Å². The van der Waals surface area contributed by atoms with Gasteiger partial charge in [0.25, 0.3) is 0 Å². The number of ether oxygens (including phenoxy) is 1. The van der Waals surface area contributed by atoms with Gasteiger partial charge in [-0.1, -0.05) is 13.0 Å². The molecule has 0 fully saturated rings. The predicted octanol–water partition coefficient (Wildman–Crippen LogP) is 1.85. The lowest BCUT2D eigenvalue weighted by molar-refractivity contribution is -0.119. The first-order valence-electron chi connectivity index (χ1n) is 5.65. The minimum atomic E-state index is -0.208. The summed E-state index contributed by atoms with van der Waals surface area (Å²) in [7, 11) is 1.59. The van der Waals surface area contributed by atoms with Gasteiger partial charge in [0.05, 0.1) is 12.8 Å². The molecule has 1 rings (SSSR count). The van der Waals surface area contributed by atoms with Gasteiger partial charge in [-0.2, -0.15) is 0 Å².